The fourth-order valence-corrected chi connectivity index (χ4v) is 4.39. The maximum Gasteiger partial charge on any atom is 0.191 e. The summed E-state index contributed by atoms with van der Waals surface area (Å²) in [6, 6.07) is 8.39. The van der Waals surface area contributed by atoms with E-state index in [9.17, 15) is 8.42 Å². The first-order chi connectivity index (χ1) is 13.6. The lowest BCUT2D eigenvalue weighted by atomic mass is 9.90. The fraction of sp³-hybridized carbons (Fsp3) is 0.667. The smallest absolute Gasteiger partial charge is 0.191 e. The van der Waals surface area contributed by atoms with Crippen molar-refractivity contribution in [3.8, 4) is 5.75 Å². The lowest BCUT2D eigenvalue weighted by Crippen LogP contribution is -2.52. The van der Waals surface area contributed by atoms with Crippen molar-refractivity contribution < 1.29 is 13.2 Å². The highest BCUT2D eigenvalue weighted by atomic mass is 32.2. The molecule has 0 amide bonds. The molecule has 1 aromatic carbocycles. The van der Waals surface area contributed by atoms with Crippen LogP contribution in [0.15, 0.2) is 29.3 Å². The van der Waals surface area contributed by atoms with Gasteiger partial charge in [0.15, 0.2) is 5.96 Å². The van der Waals surface area contributed by atoms with E-state index >= 15 is 0 Å². The molecule has 164 valence electrons. The van der Waals surface area contributed by atoms with E-state index in [1.807, 2.05) is 18.2 Å². The molecule has 2 N–H and O–H groups in total. The Morgan fingerprint density at radius 3 is 2.72 bits per heavy atom. The van der Waals surface area contributed by atoms with Crippen LogP contribution < -0.4 is 20.3 Å². The van der Waals surface area contributed by atoms with Gasteiger partial charge in [-0.15, -0.1) is 0 Å². The minimum Gasteiger partial charge on any atom is -0.495 e. The maximum atomic E-state index is 11.5. The Balaban J connectivity index is 1.91. The number of benzene rings is 1. The third-order valence-corrected chi connectivity index (χ3v) is 6.24. The first-order valence-electron chi connectivity index (χ1n) is 10.2. The molecule has 0 radical (unpaired) electrons. The van der Waals surface area contributed by atoms with Crippen molar-refractivity contribution in [3.63, 3.8) is 0 Å². The topological polar surface area (TPSA) is 83.0 Å². The summed E-state index contributed by atoms with van der Waals surface area (Å²) < 4.78 is 28.4. The van der Waals surface area contributed by atoms with E-state index in [0.29, 0.717) is 13.0 Å². The van der Waals surface area contributed by atoms with Crippen LogP contribution in [0.5, 0.6) is 5.75 Å². The molecule has 1 saturated heterocycles. The highest BCUT2D eigenvalue weighted by Crippen LogP contribution is 2.29. The van der Waals surface area contributed by atoms with Crippen LogP contribution in [0.25, 0.3) is 0 Å². The van der Waals surface area contributed by atoms with Gasteiger partial charge in [-0.1, -0.05) is 26.0 Å². The van der Waals surface area contributed by atoms with Gasteiger partial charge < -0.3 is 20.3 Å². The van der Waals surface area contributed by atoms with Crippen molar-refractivity contribution in [2.24, 2.45) is 10.4 Å². The molecule has 0 spiro atoms. The van der Waals surface area contributed by atoms with E-state index < -0.39 is 9.84 Å². The molecule has 1 heterocycles. The highest BCUT2D eigenvalue weighted by molar-refractivity contribution is 7.90. The van der Waals surface area contributed by atoms with Gasteiger partial charge in [0.05, 0.1) is 18.6 Å². The summed E-state index contributed by atoms with van der Waals surface area (Å²) in [5, 5.41) is 6.90. The van der Waals surface area contributed by atoms with Gasteiger partial charge in [-0.05, 0) is 36.8 Å². The van der Waals surface area contributed by atoms with E-state index in [1.165, 1.54) is 6.26 Å². The van der Waals surface area contributed by atoms with Gasteiger partial charge in [-0.25, -0.2) is 8.42 Å². The average Bonchev–Trinajstić information content (AvgIpc) is 2.69. The van der Waals surface area contributed by atoms with E-state index in [4.69, 9.17) is 4.74 Å². The number of piperidine rings is 1. The van der Waals surface area contributed by atoms with Gasteiger partial charge in [0.2, 0.25) is 0 Å². The fourth-order valence-electron chi connectivity index (χ4n) is 3.47. The normalized spacial score (nSPS) is 18.4. The highest BCUT2D eigenvalue weighted by Gasteiger charge is 2.24. The van der Waals surface area contributed by atoms with Crippen LogP contribution in [-0.2, 0) is 9.84 Å². The zero-order chi connectivity index (χ0) is 21.5. The van der Waals surface area contributed by atoms with Gasteiger partial charge in [-0.2, -0.15) is 0 Å². The number of anilines is 1. The summed E-state index contributed by atoms with van der Waals surface area (Å²) in [5.41, 5.74) is 0.975. The number of sulfone groups is 1. The summed E-state index contributed by atoms with van der Waals surface area (Å²) in [6.07, 6.45) is 4.06. The minimum absolute atomic E-state index is 0.142. The number of nitrogens with one attached hydrogen (secondary N) is 2. The van der Waals surface area contributed by atoms with Crippen LogP contribution in [0.1, 0.15) is 33.1 Å². The summed E-state index contributed by atoms with van der Waals surface area (Å²) >= 11 is 0. The number of methoxy groups -OCH3 is 1. The zero-order valence-corrected chi connectivity index (χ0v) is 19.2. The van der Waals surface area contributed by atoms with Crippen molar-refractivity contribution in [2.75, 3.05) is 50.7 Å². The first-order valence-corrected chi connectivity index (χ1v) is 12.2. The summed E-state index contributed by atoms with van der Waals surface area (Å²) in [5.74, 6) is 1.84. The molecule has 0 bridgehead atoms. The van der Waals surface area contributed by atoms with E-state index in [-0.39, 0.29) is 17.2 Å². The van der Waals surface area contributed by atoms with Crippen LogP contribution >= 0.6 is 0 Å². The van der Waals surface area contributed by atoms with Crippen LogP contribution in [0.3, 0.4) is 0 Å². The SMILES string of the molecule is CN=C(NCC(C)(C)CCS(C)(=O)=O)NC1CCCN(c2ccccc2OC)C1. The second-order valence-corrected chi connectivity index (χ2v) is 10.8. The Hall–Kier alpha value is -1.96. The van der Waals surface area contributed by atoms with E-state index in [2.05, 4.69) is 40.4 Å². The third-order valence-electron chi connectivity index (χ3n) is 5.30. The quantitative estimate of drug-likeness (QED) is 0.492. The summed E-state index contributed by atoms with van der Waals surface area (Å²) in [4.78, 5) is 6.71. The molecule has 7 nitrogen and oxygen atoms in total. The molecule has 1 aromatic rings. The molecule has 29 heavy (non-hydrogen) atoms. The molecule has 1 aliphatic rings. The number of guanidine groups is 1. The lowest BCUT2D eigenvalue weighted by molar-refractivity contribution is 0.346. The standard InChI is InChI=1S/C21H36N4O3S/c1-21(2,12-14-29(5,26)27)16-23-20(22-3)24-17-9-8-13-25(15-17)18-10-6-7-11-19(18)28-4/h6-7,10-11,17H,8-9,12-16H2,1-5H3,(H2,22,23,24). The summed E-state index contributed by atoms with van der Waals surface area (Å²) in [6.45, 7) is 6.68. The molecule has 8 heteroatoms. The van der Waals surface area contributed by atoms with Crippen molar-refractivity contribution in [1.29, 1.82) is 0 Å². The molecule has 1 atom stereocenters. The maximum absolute atomic E-state index is 11.5. The second-order valence-electron chi connectivity index (χ2n) is 8.57. The Kier molecular flexibility index (Phi) is 8.19. The second kappa shape index (κ2) is 10.2. The number of hydrogen-bond donors (Lipinski definition) is 2. The molecule has 0 saturated carbocycles. The Labute approximate surface area is 175 Å². The Morgan fingerprint density at radius 1 is 1.34 bits per heavy atom. The lowest BCUT2D eigenvalue weighted by Gasteiger charge is -2.36. The largest absolute Gasteiger partial charge is 0.495 e. The van der Waals surface area contributed by atoms with E-state index in [0.717, 1.165) is 43.3 Å². The molecule has 0 aromatic heterocycles. The Morgan fingerprint density at radius 2 is 2.07 bits per heavy atom. The molecule has 1 fully saturated rings. The van der Waals surface area contributed by atoms with Crippen molar-refractivity contribution in [1.82, 2.24) is 10.6 Å². The van der Waals surface area contributed by atoms with Crippen molar-refractivity contribution in [2.45, 2.75) is 39.2 Å². The molecule has 1 aliphatic heterocycles. The van der Waals surface area contributed by atoms with E-state index in [1.54, 1.807) is 14.2 Å². The summed E-state index contributed by atoms with van der Waals surface area (Å²) in [7, 11) is 0.516. The predicted octanol–water partition coefficient (Wildman–Crippen LogP) is 2.29. The number of nitrogens with zero attached hydrogens (tertiary/aromatic N) is 2. The third kappa shape index (κ3) is 7.76. The number of rotatable bonds is 8. The van der Waals surface area contributed by atoms with Crippen LogP contribution in [-0.4, -0.2) is 66.2 Å². The molecule has 0 aliphatic carbocycles. The minimum atomic E-state index is -2.95. The molecule has 2 rings (SSSR count). The van der Waals surface area contributed by atoms with Crippen molar-refractivity contribution in [3.05, 3.63) is 24.3 Å². The number of para-hydroxylation sites is 2. The van der Waals surface area contributed by atoms with Gasteiger partial charge in [-0.3, -0.25) is 4.99 Å². The number of hydrogen-bond acceptors (Lipinski definition) is 5. The van der Waals surface area contributed by atoms with Crippen molar-refractivity contribution >= 4 is 21.5 Å². The van der Waals surface area contributed by atoms with Gasteiger partial charge >= 0.3 is 0 Å². The van der Waals surface area contributed by atoms with Gasteiger partial charge in [0.25, 0.3) is 0 Å². The van der Waals surface area contributed by atoms with Crippen LogP contribution in [0, 0.1) is 5.41 Å². The van der Waals surface area contributed by atoms with Gasteiger partial charge in [0, 0.05) is 39.0 Å². The number of ether oxygens (including phenoxy) is 1. The van der Waals surface area contributed by atoms with Crippen LogP contribution in [0.4, 0.5) is 5.69 Å². The first kappa shape index (κ1) is 23.3. The van der Waals surface area contributed by atoms with Gasteiger partial charge in [0.1, 0.15) is 15.6 Å². The number of aliphatic imine (C=N–C) groups is 1. The monoisotopic (exact) mass is 424 g/mol. The predicted molar refractivity (Wildman–Crippen MR) is 121 cm³/mol. The average molecular weight is 425 g/mol. The molecular weight excluding hydrogens is 388 g/mol. The Bertz CT molecular complexity index is 793. The molecule has 1 unspecified atom stereocenters. The zero-order valence-electron chi connectivity index (χ0n) is 18.4. The van der Waals surface area contributed by atoms with Crippen LogP contribution in [0.2, 0.25) is 0 Å². The molecular formula is C21H36N4O3S.